The van der Waals surface area contributed by atoms with Crippen LogP contribution in [0, 0.1) is 0 Å². The Balaban J connectivity index is 1.92. The molecule has 0 spiro atoms. The fourth-order valence-corrected chi connectivity index (χ4v) is 3.56. The Morgan fingerprint density at radius 1 is 1.25 bits per heavy atom. The summed E-state index contributed by atoms with van der Waals surface area (Å²) in [5.41, 5.74) is -0.138. The first-order valence-electron chi connectivity index (χ1n) is 7.30. The number of rotatable bonds is 1. The topological polar surface area (TPSA) is 34.9 Å². The highest BCUT2D eigenvalue weighted by atomic mass is 32.1. The van der Waals surface area contributed by atoms with Crippen molar-refractivity contribution in [1.82, 2.24) is 9.55 Å². The summed E-state index contributed by atoms with van der Waals surface area (Å²) >= 11 is 1.56. The first-order valence-corrected chi connectivity index (χ1v) is 8.18. The van der Waals surface area contributed by atoms with Crippen molar-refractivity contribution in [2.45, 2.75) is 19.1 Å². The zero-order valence-corrected chi connectivity index (χ0v) is 13.1. The minimum Gasteiger partial charge on any atom is -0.292 e. The number of benzene rings is 1. The highest BCUT2D eigenvalue weighted by Gasteiger charge is 2.31. The van der Waals surface area contributed by atoms with E-state index in [4.69, 9.17) is 0 Å². The third-order valence-corrected chi connectivity index (χ3v) is 4.85. The van der Waals surface area contributed by atoms with Crippen LogP contribution >= 0.6 is 11.3 Å². The number of nitrogens with zero attached hydrogens (tertiary/aromatic N) is 2. The summed E-state index contributed by atoms with van der Waals surface area (Å²) in [4.78, 5) is 17.9. The molecule has 0 unspecified atom stereocenters. The number of halogens is 3. The van der Waals surface area contributed by atoms with Crippen LogP contribution in [0.1, 0.15) is 22.7 Å². The third kappa shape index (κ3) is 2.45. The van der Waals surface area contributed by atoms with Gasteiger partial charge in [-0.3, -0.25) is 9.36 Å². The molecule has 4 rings (SSSR count). The SMILES string of the molecule is O=c1c2ccc(C(F)(F)F)cc2nc2n1CCC2=Cc1cccs1. The van der Waals surface area contributed by atoms with Crippen molar-refractivity contribution in [2.24, 2.45) is 0 Å². The number of thiophene rings is 1. The molecule has 0 saturated heterocycles. The van der Waals surface area contributed by atoms with Gasteiger partial charge in [0.25, 0.3) is 5.56 Å². The minimum absolute atomic E-state index is 0.0834. The van der Waals surface area contributed by atoms with Gasteiger partial charge in [-0.2, -0.15) is 13.2 Å². The summed E-state index contributed by atoms with van der Waals surface area (Å²) < 4.78 is 40.2. The van der Waals surface area contributed by atoms with Crippen LogP contribution < -0.4 is 5.56 Å². The number of alkyl halides is 3. The molecule has 1 aromatic carbocycles. The van der Waals surface area contributed by atoms with Crippen molar-refractivity contribution in [3.63, 3.8) is 0 Å². The molecule has 3 aromatic rings. The van der Waals surface area contributed by atoms with Gasteiger partial charge in [-0.05, 0) is 47.7 Å². The maximum absolute atomic E-state index is 12.9. The molecule has 0 radical (unpaired) electrons. The van der Waals surface area contributed by atoms with E-state index >= 15 is 0 Å². The van der Waals surface area contributed by atoms with Crippen molar-refractivity contribution in [3.05, 3.63) is 62.3 Å². The molecule has 0 aliphatic carbocycles. The molecule has 0 amide bonds. The lowest BCUT2D eigenvalue weighted by Gasteiger charge is -2.09. The molecule has 0 saturated carbocycles. The van der Waals surface area contributed by atoms with E-state index in [0.29, 0.717) is 18.8 Å². The molecule has 0 fully saturated rings. The Kier molecular flexibility index (Phi) is 3.35. The number of aromatic nitrogens is 2. The van der Waals surface area contributed by atoms with Crippen molar-refractivity contribution in [1.29, 1.82) is 0 Å². The summed E-state index contributed by atoms with van der Waals surface area (Å²) in [5, 5.41) is 2.15. The molecule has 3 heterocycles. The van der Waals surface area contributed by atoms with Crippen LogP contribution in [0.3, 0.4) is 0 Å². The second kappa shape index (κ2) is 5.31. The Morgan fingerprint density at radius 2 is 2.08 bits per heavy atom. The average Bonchev–Trinajstić information content (AvgIpc) is 3.17. The lowest BCUT2D eigenvalue weighted by atomic mass is 10.1. The van der Waals surface area contributed by atoms with Gasteiger partial charge in [0.15, 0.2) is 0 Å². The van der Waals surface area contributed by atoms with Crippen LogP contribution in [-0.4, -0.2) is 9.55 Å². The standard InChI is InChI=1S/C17H11F3N2OS/c18-17(19,20)11-3-4-13-14(9-11)21-15-10(5-6-22(15)16(13)23)8-12-2-1-7-24-12/h1-4,7-9H,5-6H2. The Labute approximate surface area is 138 Å². The lowest BCUT2D eigenvalue weighted by Crippen LogP contribution is -2.21. The third-order valence-electron chi connectivity index (χ3n) is 4.03. The number of hydrogen-bond acceptors (Lipinski definition) is 3. The monoisotopic (exact) mass is 348 g/mol. The quantitative estimate of drug-likeness (QED) is 0.652. The maximum Gasteiger partial charge on any atom is 0.416 e. The molecule has 1 aliphatic heterocycles. The second-order valence-electron chi connectivity index (χ2n) is 5.56. The van der Waals surface area contributed by atoms with E-state index in [1.165, 1.54) is 10.6 Å². The van der Waals surface area contributed by atoms with Crippen molar-refractivity contribution in [2.75, 3.05) is 0 Å². The molecule has 122 valence electrons. The summed E-state index contributed by atoms with van der Waals surface area (Å²) in [7, 11) is 0. The summed E-state index contributed by atoms with van der Waals surface area (Å²) in [6, 6.07) is 6.94. The first-order chi connectivity index (χ1) is 11.4. The largest absolute Gasteiger partial charge is 0.416 e. The number of allylic oxidation sites excluding steroid dienone is 1. The summed E-state index contributed by atoms with van der Waals surface area (Å²) in [6.45, 7) is 0.495. The average molecular weight is 348 g/mol. The lowest BCUT2D eigenvalue weighted by molar-refractivity contribution is -0.137. The van der Waals surface area contributed by atoms with Crippen LogP contribution in [0.4, 0.5) is 13.2 Å². The predicted molar refractivity (Wildman–Crippen MR) is 87.8 cm³/mol. The van der Waals surface area contributed by atoms with Gasteiger partial charge < -0.3 is 0 Å². The highest BCUT2D eigenvalue weighted by Crippen LogP contribution is 2.32. The van der Waals surface area contributed by atoms with Gasteiger partial charge in [-0.1, -0.05) is 6.07 Å². The second-order valence-corrected chi connectivity index (χ2v) is 6.54. The van der Waals surface area contributed by atoms with Crippen LogP contribution in [-0.2, 0) is 12.7 Å². The molecule has 0 bridgehead atoms. The molecule has 0 N–H and O–H groups in total. The van der Waals surface area contributed by atoms with Gasteiger partial charge in [0.2, 0.25) is 0 Å². The van der Waals surface area contributed by atoms with E-state index in [0.717, 1.165) is 22.6 Å². The van der Waals surface area contributed by atoms with E-state index in [-0.39, 0.29) is 16.5 Å². The summed E-state index contributed by atoms with van der Waals surface area (Å²) in [5.74, 6) is 0.459. The molecule has 7 heteroatoms. The number of hydrogen-bond donors (Lipinski definition) is 0. The van der Waals surface area contributed by atoms with E-state index in [2.05, 4.69) is 4.98 Å². The molecule has 0 atom stereocenters. The van der Waals surface area contributed by atoms with E-state index in [1.54, 1.807) is 11.3 Å². The van der Waals surface area contributed by atoms with Gasteiger partial charge in [0.05, 0.1) is 16.5 Å². The van der Waals surface area contributed by atoms with Crippen LogP contribution in [0.2, 0.25) is 0 Å². The van der Waals surface area contributed by atoms with Gasteiger partial charge in [0.1, 0.15) is 5.82 Å². The molecule has 3 nitrogen and oxygen atoms in total. The Hall–Kier alpha value is -2.41. The summed E-state index contributed by atoms with van der Waals surface area (Å²) in [6.07, 6.45) is -1.88. The minimum atomic E-state index is -4.46. The van der Waals surface area contributed by atoms with Crippen LogP contribution in [0.5, 0.6) is 0 Å². The molecule has 2 aromatic heterocycles. The number of fused-ring (bicyclic) bond motifs is 2. The van der Waals surface area contributed by atoms with E-state index in [1.807, 2.05) is 23.6 Å². The molecular formula is C17H11F3N2OS. The molecule has 1 aliphatic rings. The van der Waals surface area contributed by atoms with Gasteiger partial charge in [0, 0.05) is 11.4 Å². The van der Waals surface area contributed by atoms with Gasteiger partial charge in [-0.15, -0.1) is 11.3 Å². The molecular weight excluding hydrogens is 337 g/mol. The van der Waals surface area contributed by atoms with Crippen molar-refractivity contribution < 1.29 is 13.2 Å². The van der Waals surface area contributed by atoms with Gasteiger partial charge >= 0.3 is 6.18 Å². The predicted octanol–water partition coefficient (Wildman–Crippen LogP) is 4.42. The first kappa shape index (κ1) is 15.1. The van der Waals surface area contributed by atoms with Gasteiger partial charge in [-0.25, -0.2) is 4.98 Å². The zero-order chi connectivity index (χ0) is 16.9. The smallest absolute Gasteiger partial charge is 0.292 e. The van der Waals surface area contributed by atoms with Crippen molar-refractivity contribution in [3.8, 4) is 0 Å². The Bertz CT molecular complexity index is 1020. The van der Waals surface area contributed by atoms with E-state index < -0.39 is 11.7 Å². The fourth-order valence-electron chi connectivity index (χ4n) is 2.88. The zero-order valence-electron chi connectivity index (χ0n) is 12.3. The maximum atomic E-state index is 12.9. The fraction of sp³-hybridized carbons (Fsp3) is 0.176. The molecule has 24 heavy (non-hydrogen) atoms. The highest BCUT2D eigenvalue weighted by molar-refractivity contribution is 7.10. The normalized spacial score (nSPS) is 16.0. The van der Waals surface area contributed by atoms with Crippen LogP contribution in [0.25, 0.3) is 22.6 Å². The van der Waals surface area contributed by atoms with Crippen LogP contribution in [0.15, 0.2) is 40.5 Å². The van der Waals surface area contributed by atoms with Crippen molar-refractivity contribution >= 4 is 33.9 Å². The van der Waals surface area contributed by atoms with E-state index in [9.17, 15) is 18.0 Å². The Morgan fingerprint density at radius 3 is 2.79 bits per heavy atom.